The van der Waals surface area contributed by atoms with Crippen LogP contribution in [-0.4, -0.2) is 16.8 Å². The Morgan fingerprint density at radius 3 is 2.41 bits per heavy atom. The molecule has 4 heteroatoms. The van der Waals surface area contributed by atoms with Crippen molar-refractivity contribution in [3.8, 4) is 16.9 Å². The van der Waals surface area contributed by atoms with E-state index in [0.717, 1.165) is 16.7 Å². The van der Waals surface area contributed by atoms with Gasteiger partial charge in [0.2, 0.25) is 0 Å². The third-order valence-corrected chi connectivity index (χ3v) is 3.05. The van der Waals surface area contributed by atoms with Crippen molar-refractivity contribution in [1.82, 2.24) is 0 Å². The molecule has 0 aliphatic heterocycles. The lowest BCUT2D eigenvalue weighted by Gasteiger charge is -2.19. The summed E-state index contributed by atoms with van der Waals surface area (Å²) in [5.41, 5.74) is 2.73. The zero-order valence-corrected chi connectivity index (χ0v) is 13.3. The average Bonchev–Trinajstić information content (AvgIpc) is 2.40. The van der Waals surface area contributed by atoms with Gasteiger partial charge in [-0.25, -0.2) is 4.79 Å². The number of hydrogen-bond donors (Lipinski definition) is 2. The van der Waals surface area contributed by atoms with Gasteiger partial charge in [0.1, 0.15) is 11.4 Å². The molecular formula is C18H21NO3. The number of anilines is 1. The van der Waals surface area contributed by atoms with Crippen molar-refractivity contribution in [3.05, 3.63) is 48.0 Å². The second-order valence-electron chi connectivity index (χ2n) is 6.21. The number of rotatable bonds is 2. The number of benzene rings is 2. The van der Waals surface area contributed by atoms with Gasteiger partial charge in [-0.3, -0.25) is 5.32 Å². The molecule has 0 bridgehead atoms. The predicted octanol–water partition coefficient (Wildman–Crippen LogP) is 4.71. The highest BCUT2D eigenvalue weighted by atomic mass is 16.6. The molecule has 1 amide bonds. The number of carbonyl (C=O) groups is 1. The van der Waals surface area contributed by atoms with Crippen LogP contribution in [0.5, 0.6) is 5.75 Å². The summed E-state index contributed by atoms with van der Waals surface area (Å²) in [7, 11) is 0. The van der Waals surface area contributed by atoms with Crippen LogP contribution in [-0.2, 0) is 4.74 Å². The number of nitrogens with one attached hydrogen (secondary N) is 1. The summed E-state index contributed by atoms with van der Waals surface area (Å²) >= 11 is 0. The lowest BCUT2D eigenvalue weighted by molar-refractivity contribution is 0.0636. The van der Waals surface area contributed by atoms with Gasteiger partial charge in [-0.1, -0.05) is 24.3 Å². The second kappa shape index (κ2) is 6.10. The van der Waals surface area contributed by atoms with Gasteiger partial charge in [0.25, 0.3) is 0 Å². The highest BCUT2D eigenvalue weighted by Gasteiger charge is 2.16. The van der Waals surface area contributed by atoms with Crippen molar-refractivity contribution >= 4 is 11.8 Å². The van der Waals surface area contributed by atoms with Gasteiger partial charge in [0, 0.05) is 5.69 Å². The van der Waals surface area contributed by atoms with E-state index >= 15 is 0 Å². The van der Waals surface area contributed by atoms with Gasteiger partial charge in [0.15, 0.2) is 0 Å². The molecule has 0 aliphatic rings. The molecule has 0 saturated heterocycles. The fourth-order valence-electron chi connectivity index (χ4n) is 1.99. The number of carbonyl (C=O) groups excluding carboxylic acids is 1. The Bertz CT molecular complexity index is 687. The molecule has 4 nitrogen and oxygen atoms in total. The molecule has 0 aliphatic carbocycles. The van der Waals surface area contributed by atoms with E-state index in [-0.39, 0.29) is 5.75 Å². The molecule has 0 saturated carbocycles. The number of amides is 1. The summed E-state index contributed by atoms with van der Waals surface area (Å²) in [6, 6.07) is 12.9. The SMILES string of the molecule is Cc1ccc(-c2cccc(NC(=O)OC(C)(C)C)c2)cc1O. The molecule has 0 atom stereocenters. The average molecular weight is 299 g/mol. The minimum atomic E-state index is -0.537. The first kappa shape index (κ1) is 15.9. The topological polar surface area (TPSA) is 58.6 Å². The van der Waals surface area contributed by atoms with Gasteiger partial charge in [-0.05, 0) is 62.6 Å². The van der Waals surface area contributed by atoms with E-state index in [1.807, 2.05) is 58.0 Å². The van der Waals surface area contributed by atoms with Crippen LogP contribution < -0.4 is 5.32 Å². The van der Waals surface area contributed by atoms with Crippen LogP contribution in [0.3, 0.4) is 0 Å². The number of phenols is 1. The standard InChI is InChI=1S/C18H21NO3/c1-12-8-9-14(11-16(12)20)13-6-5-7-15(10-13)19-17(21)22-18(2,3)4/h5-11,20H,1-4H3,(H,19,21). The van der Waals surface area contributed by atoms with Crippen LogP contribution >= 0.6 is 0 Å². The van der Waals surface area contributed by atoms with Crippen LogP contribution in [0, 0.1) is 6.92 Å². The van der Waals surface area contributed by atoms with E-state index in [4.69, 9.17) is 4.74 Å². The monoisotopic (exact) mass is 299 g/mol. The van der Waals surface area contributed by atoms with E-state index in [9.17, 15) is 9.90 Å². The van der Waals surface area contributed by atoms with Crippen molar-refractivity contribution in [2.24, 2.45) is 0 Å². The lowest BCUT2D eigenvalue weighted by atomic mass is 10.0. The third-order valence-electron chi connectivity index (χ3n) is 3.05. The highest BCUT2D eigenvalue weighted by Crippen LogP contribution is 2.27. The first-order chi connectivity index (χ1) is 10.2. The Labute approximate surface area is 130 Å². The van der Waals surface area contributed by atoms with Crippen LogP contribution in [0.15, 0.2) is 42.5 Å². The number of phenolic OH excluding ortho intramolecular Hbond substituents is 1. The number of ether oxygens (including phenoxy) is 1. The second-order valence-corrected chi connectivity index (χ2v) is 6.21. The Balaban J connectivity index is 2.19. The fourth-order valence-corrected chi connectivity index (χ4v) is 1.99. The Kier molecular flexibility index (Phi) is 4.40. The predicted molar refractivity (Wildman–Crippen MR) is 88.1 cm³/mol. The van der Waals surface area contributed by atoms with Crippen molar-refractivity contribution in [3.63, 3.8) is 0 Å². The minimum absolute atomic E-state index is 0.253. The molecule has 0 unspecified atom stereocenters. The summed E-state index contributed by atoms with van der Waals surface area (Å²) in [5, 5.41) is 12.5. The van der Waals surface area contributed by atoms with Crippen LogP contribution in [0.1, 0.15) is 26.3 Å². The van der Waals surface area contributed by atoms with Crippen molar-refractivity contribution < 1.29 is 14.6 Å². The van der Waals surface area contributed by atoms with E-state index in [2.05, 4.69) is 5.32 Å². The minimum Gasteiger partial charge on any atom is -0.508 e. The van der Waals surface area contributed by atoms with Gasteiger partial charge < -0.3 is 9.84 Å². The Hall–Kier alpha value is -2.49. The van der Waals surface area contributed by atoms with Crippen LogP contribution in [0.25, 0.3) is 11.1 Å². The first-order valence-electron chi connectivity index (χ1n) is 7.15. The first-order valence-corrected chi connectivity index (χ1v) is 7.15. The maximum Gasteiger partial charge on any atom is 0.412 e. The lowest BCUT2D eigenvalue weighted by Crippen LogP contribution is -2.27. The molecule has 0 radical (unpaired) electrons. The maximum absolute atomic E-state index is 11.8. The van der Waals surface area contributed by atoms with Crippen LogP contribution in [0.4, 0.5) is 10.5 Å². The molecule has 22 heavy (non-hydrogen) atoms. The van der Waals surface area contributed by atoms with Gasteiger partial charge in [0.05, 0.1) is 0 Å². The molecular weight excluding hydrogens is 278 g/mol. The number of hydrogen-bond acceptors (Lipinski definition) is 3. The van der Waals surface area contributed by atoms with E-state index in [0.29, 0.717) is 5.69 Å². The Morgan fingerprint density at radius 2 is 1.77 bits per heavy atom. The van der Waals surface area contributed by atoms with E-state index < -0.39 is 11.7 Å². The molecule has 0 heterocycles. The zero-order chi connectivity index (χ0) is 16.3. The summed E-state index contributed by atoms with van der Waals surface area (Å²) in [6.45, 7) is 7.30. The molecule has 2 aromatic rings. The van der Waals surface area contributed by atoms with E-state index in [1.54, 1.807) is 12.1 Å². The Morgan fingerprint density at radius 1 is 1.09 bits per heavy atom. The van der Waals surface area contributed by atoms with Crippen LogP contribution in [0.2, 0.25) is 0 Å². The summed E-state index contributed by atoms with van der Waals surface area (Å²) in [5.74, 6) is 0.253. The molecule has 0 spiro atoms. The molecule has 116 valence electrons. The number of aromatic hydroxyl groups is 1. The van der Waals surface area contributed by atoms with E-state index in [1.165, 1.54) is 0 Å². The quantitative estimate of drug-likeness (QED) is 0.844. The zero-order valence-electron chi connectivity index (χ0n) is 13.3. The molecule has 2 aromatic carbocycles. The van der Waals surface area contributed by atoms with Gasteiger partial charge >= 0.3 is 6.09 Å². The fraction of sp³-hybridized carbons (Fsp3) is 0.278. The van der Waals surface area contributed by atoms with Crippen molar-refractivity contribution in [2.75, 3.05) is 5.32 Å². The normalized spacial score (nSPS) is 11.1. The maximum atomic E-state index is 11.8. The molecule has 2 rings (SSSR count). The highest BCUT2D eigenvalue weighted by molar-refractivity contribution is 5.86. The molecule has 0 aromatic heterocycles. The van der Waals surface area contributed by atoms with Gasteiger partial charge in [-0.15, -0.1) is 0 Å². The third kappa shape index (κ3) is 4.25. The van der Waals surface area contributed by atoms with Gasteiger partial charge in [-0.2, -0.15) is 0 Å². The van der Waals surface area contributed by atoms with Crippen molar-refractivity contribution in [2.45, 2.75) is 33.3 Å². The summed E-state index contributed by atoms with van der Waals surface area (Å²) in [6.07, 6.45) is -0.489. The van der Waals surface area contributed by atoms with Crippen molar-refractivity contribution in [1.29, 1.82) is 0 Å². The summed E-state index contributed by atoms with van der Waals surface area (Å²) < 4.78 is 5.23. The summed E-state index contributed by atoms with van der Waals surface area (Å²) in [4.78, 5) is 11.8. The smallest absolute Gasteiger partial charge is 0.412 e. The number of aryl methyl sites for hydroxylation is 1. The molecule has 0 fully saturated rings. The largest absolute Gasteiger partial charge is 0.508 e. The molecule has 2 N–H and O–H groups in total.